The van der Waals surface area contributed by atoms with Gasteiger partial charge in [-0.05, 0) is 37.3 Å². The average Bonchev–Trinajstić information content (AvgIpc) is 3.26. The summed E-state index contributed by atoms with van der Waals surface area (Å²) in [7, 11) is 0. The standard InChI is InChI=1S/C16H21NO4/c1-9-4-7-11(21-9)8-17(10-5-6-10)14(18)12-13(15(19)20)16(12,2)3/h4,7,10,12-13H,5-6,8H2,1-3H3,(H,19,20)/t12-,13+/m1/s1. The van der Waals surface area contributed by atoms with Crippen LogP contribution in [0.5, 0.6) is 0 Å². The molecule has 1 amide bonds. The van der Waals surface area contributed by atoms with Crippen LogP contribution in [0.25, 0.3) is 0 Å². The number of hydrogen-bond donors (Lipinski definition) is 1. The molecule has 0 spiro atoms. The van der Waals surface area contributed by atoms with E-state index in [9.17, 15) is 14.7 Å². The second-order valence-electron chi connectivity index (χ2n) is 6.82. The van der Waals surface area contributed by atoms with E-state index in [0.29, 0.717) is 6.54 Å². The van der Waals surface area contributed by atoms with Crippen LogP contribution in [0.2, 0.25) is 0 Å². The Morgan fingerprint density at radius 1 is 1.33 bits per heavy atom. The summed E-state index contributed by atoms with van der Waals surface area (Å²) in [4.78, 5) is 25.8. The van der Waals surface area contributed by atoms with Crippen LogP contribution in [0.15, 0.2) is 16.5 Å². The number of rotatable bonds is 5. The van der Waals surface area contributed by atoms with Crippen LogP contribution in [0.1, 0.15) is 38.2 Å². The van der Waals surface area contributed by atoms with Crippen LogP contribution >= 0.6 is 0 Å². The SMILES string of the molecule is Cc1ccc(CN(C(=O)[C@H]2[C@@H](C(=O)O)C2(C)C)C2CC2)o1. The normalized spacial score (nSPS) is 26.4. The highest BCUT2D eigenvalue weighted by atomic mass is 16.4. The minimum Gasteiger partial charge on any atom is -0.481 e. The van der Waals surface area contributed by atoms with Gasteiger partial charge in [-0.1, -0.05) is 13.8 Å². The van der Waals surface area contributed by atoms with E-state index in [0.717, 1.165) is 24.4 Å². The number of carboxylic acids is 1. The Hall–Kier alpha value is -1.78. The lowest BCUT2D eigenvalue weighted by atomic mass is 10.1. The number of furan rings is 1. The first-order valence-corrected chi connectivity index (χ1v) is 7.41. The molecule has 0 aromatic carbocycles. The molecule has 0 bridgehead atoms. The lowest BCUT2D eigenvalue weighted by Crippen LogP contribution is -2.35. The van der Waals surface area contributed by atoms with Crippen molar-refractivity contribution in [1.82, 2.24) is 4.90 Å². The van der Waals surface area contributed by atoms with Gasteiger partial charge in [-0.2, -0.15) is 0 Å². The predicted octanol–water partition coefficient (Wildman–Crippen LogP) is 2.44. The zero-order chi connectivity index (χ0) is 15.4. The fourth-order valence-electron chi connectivity index (χ4n) is 3.25. The molecule has 1 aromatic rings. The van der Waals surface area contributed by atoms with E-state index < -0.39 is 23.2 Å². The molecule has 1 N–H and O–H groups in total. The third-order valence-electron chi connectivity index (χ3n) is 4.75. The fourth-order valence-corrected chi connectivity index (χ4v) is 3.25. The average molecular weight is 291 g/mol. The Kier molecular flexibility index (Phi) is 3.11. The van der Waals surface area contributed by atoms with E-state index >= 15 is 0 Å². The van der Waals surface area contributed by atoms with E-state index in [1.807, 2.05) is 37.8 Å². The topological polar surface area (TPSA) is 70.8 Å². The van der Waals surface area contributed by atoms with Crippen molar-refractivity contribution < 1.29 is 19.1 Å². The monoisotopic (exact) mass is 291 g/mol. The Labute approximate surface area is 123 Å². The summed E-state index contributed by atoms with van der Waals surface area (Å²) in [5.74, 6) is -0.301. The van der Waals surface area contributed by atoms with E-state index in [2.05, 4.69) is 0 Å². The van der Waals surface area contributed by atoms with Gasteiger partial charge in [0.05, 0.1) is 18.4 Å². The molecule has 21 heavy (non-hydrogen) atoms. The van der Waals surface area contributed by atoms with Crippen LogP contribution in [0.3, 0.4) is 0 Å². The molecule has 0 aliphatic heterocycles. The summed E-state index contributed by atoms with van der Waals surface area (Å²) < 4.78 is 5.56. The van der Waals surface area contributed by atoms with Crippen LogP contribution in [-0.4, -0.2) is 27.9 Å². The smallest absolute Gasteiger partial charge is 0.307 e. The maximum atomic E-state index is 12.7. The Balaban J connectivity index is 1.76. The zero-order valence-corrected chi connectivity index (χ0v) is 12.6. The predicted molar refractivity (Wildman–Crippen MR) is 75.4 cm³/mol. The molecule has 2 aliphatic carbocycles. The molecule has 2 fully saturated rings. The number of nitrogens with zero attached hydrogens (tertiary/aromatic N) is 1. The van der Waals surface area contributed by atoms with Crippen LogP contribution < -0.4 is 0 Å². The van der Waals surface area contributed by atoms with Crippen molar-refractivity contribution in [2.24, 2.45) is 17.3 Å². The summed E-state index contributed by atoms with van der Waals surface area (Å²) in [5, 5.41) is 9.25. The van der Waals surface area contributed by atoms with E-state index in [1.165, 1.54) is 0 Å². The van der Waals surface area contributed by atoms with E-state index in [-0.39, 0.29) is 11.9 Å². The minimum atomic E-state index is -0.872. The van der Waals surface area contributed by atoms with Crippen molar-refractivity contribution in [1.29, 1.82) is 0 Å². The molecule has 1 heterocycles. The van der Waals surface area contributed by atoms with Crippen LogP contribution in [0.4, 0.5) is 0 Å². The molecule has 2 aliphatic rings. The van der Waals surface area contributed by atoms with Crippen molar-refractivity contribution in [2.75, 3.05) is 0 Å². The third kappa shape index (κ3) is 2.45. The number of carbonyl (C=O) groups excluding carboxylic acids is 1. The van der Waals surface area contributed by atoms with Crippen molar-refractivity contribution >= 4 is 11.9 Å². The molecule has 1 aromatic heterocycles. The van der Waals surface area contributed by atoms with Gasteiger partial charge in [0.2, 0.25) is 5.91 Å². The first kappa shape index (κ1) is 14.2. The van der Waals surface area contributed by atoms with Crippen molar-refractivity contribution in [3.05, 3.63) is 23.7 Å². The fraction of sp³-hybridized carbons (Fsp3) is 0.625. The number of hydrogen-bond acceptors (Lipinski definition) is 3. The Morgan fingerprint density at radius 2 is 2.00 bits per heavy atom. The molecule has 3 rings (SSSR count). The molecule has 2 saturated carbocycles. The first-order chi connectivity index (χ1) is 9.82. The number of carbonyl (C=O) groups is 2. The second kappa shape index (κ2) is 4.61. The molecule has 2 atom stereocenters. The number of aryl methyl sites for hydroxylation is 1. The minimum absolute atomic E-state index is 0.0380. The van der Waals surface area contributed by atoms with Crippen molar-refractivity contribution in [2.45, 2.75) is 46.2 Å². The Morgan fingerprint density at radius 3 is 2.43 bits per heavy atom. The molecule has 5 nitrogen and oxygen atoms in total. The summed E-state index contributed by atoms with van der Waals surface area (Å²) in [6, 6.07) is 4.00. The number of aliphatic carboxylic acids is 1. The van der Waals surface area contributed by atoms with E-state index in [1.54, 1.807) is 0 Å². The Bertz CT molecular complexity index is 585. The molecule has 0 unspecified atom stereocenters. The van der Waals surface area contributed by atoms with Gasteiger partial charge < -0.3 is 14.4 Å². The molecular formula is C16H21NO4. The highest BCUT2D eigenvalue weighted by Gasteiger charge is 2.67. The summed E-state index contributed by atoms with van der Waals surface area (Å²) >= 11 is 0. The summed E-state index contributed by atoms with van der Waals surface area (Å²) in [6.07, 6.45) is 1.99. The van der Waals surface area contributed by atoms with Crippen molar-refractivity contribution in [3.8, 4) is 0 Å². The van der Waals surface area contributed by atoms with Gasteiger partial charge in [0.1, 0.15) is 11.5 Å². The van der Waals surface area contributed by atoms with Crippen LogP contribution in [0, 0.1) is 24.2 Å². The number of amides is 1. The largest absolute Gasteiger partial charge is 0.481 e. The maximum Gasteiger partial charge on any atom is 0.307 e. The van der Waals surface area contributed by atoms with Gasteiger partial charge in [0, 0.05) is 6.04 Å². The van der Waals surface area contributed by atoms with Gasteiger partial charge in [0.15, 0.2) is 0 Å². The van der Waals surface area contributed by atoms with Gasteiger partial charge in [-0.15, -0.1) is 0 Å². The highest BCUT2D eigenvalue weighted by molar-refractivity contribution is 5.92. The van der Waals surface area contributed by atoms with Crippen LogP contribution in [-0.2, 0) is 16.1 Å². The summed E-state index contributed by atoms with van der Waals surface area (Å²) in [6.45, 7) is 6.03. The lowest BCUT2D eigenvalue weighted by Gasteiger charge is -2.22. The van der Waals surface area contributed by atoms with Gasteiger partial charge >= 0.3 is 5.97 Å². The molecule has 0 saturated heterocycles. The van der Waals surface area contributed by atoms with Gasteiger partial charge in [0.25, 0.3) is 0 Å². The van der Waals surface area contributed by atoms with Gasteiger partial charge in [-0.25, -0.2) is 0 Å². The lowest BCUT2D eigenvalue weighted by molar-refractivity contribution is -0.142. The molecular weight excluding hydrogens is 270 g/mol. The number of carboxylic acid groups (broad SMARTS) is 1. The van der Waals surface area contributed by atoms with Gasteiger partial charge in [-0.3, -0.25) is 9.59 Å². The molecule has 0 radical (unpaired) electrons. The third-order valence-corrected chi connectivity index (χ3v) is 4.75. The molecule has 5 heteroatoms. The first-order valence-electron chi connectivity index (χ1n) is 7.41. The summed E-state index contributed by atoms with van der Waals surface area (Å²) in [5.41, 5.74) is -0.449. The quantitative estimate of drug-likeness (QED) is 0.904. The highest BCUT2D eigenvalue weighted by Crippen LogP contribution is 2.59. The molecule has 114 valence electrons. The van der Waals surface area contributed by atoms with Crippen molar-refractivity contribution in [3.63, 3.8) is 0 Å². The maximum absolute atomic E-state index is 12.7. The zero-order valence-electron chi connectivity index (χ0n) is 12.6. The van der Waals surface area contributed by atoms with E-state index in [4.69, 9.17) is 4.42 Å². The second-order valence-corrected chi connectivity index (χ2v) is 6.82.